The third-order valence-electron chi connectivity index (χ3n) is 12.7. The first-order valence-electron chi connectivity index (χ1n) is 20.9. The van der Waals surface area contributed by atoms with Gasteiger partial charge in [-0.15, -0.1) is 0 Å². The first kappa shape index (κ1) is 43.7. The van der Waals surface area contributed by atoms with Gasteiger partial charge in [0.2, 0.25) is 17.7 Å². The molecule has 11 heteroatoms. The summed E-state index contributed by atoms with van der Waals surface area (Å²) in [6.45, 7) is 9.72. The lowest BCUT2D eigenvalue weighted by Crippen LogP contribution is -2.70. The Hall–Kier alpha value is -2.69. The first-order chi connectivity index (χ1) is 24.9. The van der Waals surface area contributed by atoms with Crippen LogP contribution in [0.3, 0.4) is 0 Å². The molecule has 4 saturated carbocycles. The van der Waals surface area contributed by atoms with E-state index in [1.165, 1.54) is 0 Å². The summed E-state index contributed by atoms with van der Waals surface area (Å²) in [6.07, 6.45) is 17.0. The number of hydrogen-bond donors (Lipinski definition) is 3. The van der Waals surface area contributed by atoms with Crippen LogP contribution in [-0.2, 0) is 33.4 Å². The van der Waals surface area contributed by atoms with Gasteiger partial charge in [-0.2, -0.15) is 0 Å². The van der Waals surface area contributed by atoms with Gasteiger partial charge in [0.25, 0.3) is 0 Å². The summed E-state index contributed by atoms with van der Waals surface area (Å²) in [7, 11) is 0. The van der Waals surface area contributed by atoms with Crippen LogP contribution < -0.4 is 17.2 Å². The van der Waals surface area contributed by atoms with Gasteiger partial charge in [-0.1, -0.05) is 98.3 Å². The Balaban J connectivity index is 1.71. The fraction of sp³-hybridized carbons (Fsp3) is 0.878. The van der Waals surface area contributed by atoms with Gasteiger partial charge in [0.1, 0.15) is 12.1 Å². The SMILES string of the molecule is CCCCCCOC(=O)C(CCC)N(CCCCCCC1C2(C(N)=O)CC3CC(C(N)=O)(C2)CC1(C(N)=O)C3)C(CCC)C(=O)OCCCCCC. The molecule has 0 aliphatic heterocycles. The van der Waals surface area contributed by atoms with E-state index in [2.05, 4.69) is 18.7 Å². The van der Waals surface area contributed by atoms with Crippen LogP contribution in [0.5, 0.6) is 0 Å². The Kier molecular flexibility index (Phi) is 17.4. The molecule has 3 amide bonds. The molecule has 0 aromatic carbocycles. The molecule has 4 unspecified atom stereocenters. The molecule has 298 valence electrons. The third-order valence-corrected chi connectivity index (χ3v) is 12.7. The van der Waals surface area contributed by atoms with E-state index in [4.69, 9.17) is 26.7 Å². The van der Waals surface area contributed by atoms with Gasteiger partial charge in [0.05, 0.1) is 29.5 Å². The van der Waals surface area contributed by atoms with E-state index < -0.39 is 46.1 Å². The smallest absolute Gasteiger partial charge is 0.323 e. The molecule has 4 fully saturated rings. The molecule has 11 nitrogen and oxygen atoms in total. The van der Waals surface area contributed by atoms with E-state index in [1.54, 1.807) is 0 Å². The zero-order valence-electron chi connectivity index (χ0n) is 33.0. The number of primary amides is 3. The lowest BCUT2D eigenvalue weighted by molar-refractivity contribution is -0.207. The zero-order valence-corrected chi connectivity index (χ0v) is 33.0. The van der Waals surface area contributed by atoms with Gasteiger partial charge in [-0.05, 0) is 89.0 Å². The highest BCUT2D eigenvalue weighted by atomic mass is 16.5. The van der Waals surface area contributed by atoms with Gasteiger partial charge in [0, 0.05) is 0 Å². The number of nitrogens with zero attached hydrogens (tertiary/aromatic N) is 1. The first-order valence-corrected chi connectivity index (χ1v) is 20.9. The predicted octanol–water partition coefficient (Wildman–Crippen LogP) is 6.46. The lowest BCUT2D eigenvalue weighted by atomic mass is 9.34. The highest BCUT2D eigenvalue weighted by Gasteiger charge is 2.73. The maximum absolute atomic E-state index is 13.6. The van der Waals surface area contributed by atoms with Crippen molar-refractivity contribution in [3.05, 3.63) is 0 Å². The standard InChI is InChI=1S/C41H72N4O7/c1-5-9-11-17-23-51-34(46)31(19-7-3)45(32(20-8-4)35(47)52-24-18-12-10-6-2)22-16-14-13-15-21-33-40(37(43)49)26-30-25-39(28-40,36(42)48)29-41(33,27-30)38(44)50/h30-33H,5-29H2,1-4H3,(H2,42,48)(H2,43,49)(H2,44,50). The molecule has 0 radical (unpaired) electrons. The molecular formula is C41H72N4O7. The van der Waals surface area contributed by atoms with Crippen molar-refractivity contribution in [1.82, 2.24) is 4.90 Å². The van der Waals surface area contributed by atoms with Crippen LogP contribution in [0.25, 0.3) is 0 Å². The summed E-state index contributed by atoms with van der Waals surface area (Å²) in [6, 6.07) is -1.06. The topological polar surface area (TPSA) is 185 Å². The molecule has 52 heavy (non-hydrogen) atoms. The van der Waals surface area contributed by atoms with Gasteiger partial charge < -0.3 is 26.7 Å². The van der Waals surface area contributed by atoms with Crippen LogP contribution in [0.2, 0.25) is 0 Å². The monoisotopic (exact) mass is 733 g/mol. The van der Waals surface area contributed by atoms with Crippen molar-refractivity contribution in [2.45, 2.75) is 181 Å². The van der Waals surface area contributed by atoms with Crippen LogP contribution in [0.1, 0.15) is 169 Å². The molecule has 0 aromatic rings. The Labute approximate surface area is 313 Å². The number of amides is 3. The Morgan fingerprint density at radius 2 is 1.06 bits per heavy atom. The van der Waals surface area contributed by atoms with E-state index in [9.17, 15) is 24.0 Å². The quantitative estimate of drug-likeness (QED) is 0.0604. The minimum absolute atomic E-state index is 0.0235. The molecule has 4 aliphatic rings. The number of ether oxygens (including phenoxy) is 2. The van der Waals surface area contributed by atoms with Crippen molar-refractivity contribution in [3.8, 4) is 0 Å². The van der Waals surface area contributed by atoms with Gasteiger partial charge >= 0.3 is 11.9 Å². The van der Waals surface area contributed by atoms with Crippen molar-refractivity contribution in [2.24, 2.45) is 45.3 Å². The predicted molar refractivity (Wildman–Crippen MR) is 202 cm³/mol. The second-order valence-corrected chi connectivity index (χ2v) is 16.6. The van der Waals surface area contributed by atoms with Crippen molar-refractivity contribution < 1.29 is 33.4 Å². The Bertz CT molecular complexity index is 1130. The summed E-state index contributed by atoms with van der Waals surface area (Å²) in [5, 5.41) is 0. The Morgan fingerprint density at radius 1 is 0.596 bits per heavy atom. The van der Waals surface area contributed by atoms with Crippen molar-refractivity contribution in [2.75, 3.05) is 19.8 Å². The molecule has 4 atom stereocenters. The van der Waals surface area contributed by atoms with Crippen molar-refractivity contribution in [3.63, 3.8) is 0 Å². The number of nitrogens with two attached hydrogens (primary N) is 3. The van der Waals surface area contributed by atoms with Gasteiger partial charge in [-0.25, -0.2) is 0 Å². The third kappa shape index (κ3) is 10.3. The number of carbonyl (C=O) groups is 5. The maximum atomic E-state index is 13.6. The fourth-order valence-electron chi connectivity index (χ4n) is 10.5. The van der Waals surface area contributed by atoms with E-state index in [0.717, 1.165) is 89.9 Å². The van der Waals surface area contributed by atoms with E-state index >= 15 is 0 Å². The van der Waals surface area contributed by atoms with E-state index in [0.29, 0.717) is 71.1 Å². The van der Waals surface area contributed by atoms with Gasteiger partial charge in [-0.3, -0.25) is 28.9 Å². The minimum Gasteiger partial charge on any atom is -0.465 e. The summed E-state index contributed by atoms with van der Waals surface area (Å²) < 4.78 is 11.6. The second-order valence-electron chi connectivity index (χ2n) is 16.6. The zero-order chi connectivity index (χ0) is 38.4. The molecule has 0 saturated heterocycles. The second kappa shape index (κ2) is 20.7. The summed E-state index contributed by atoms with van der Waals surface area (Å²) in [5.41, 5.74) is 15.3. The van der Waals surface area contributed by atoms with Crippen LogP contribution in [0.4, 0.5) is 0 Å². The Morgan fingerprint density at radius 3 is 1.48 bits per heavy atom. The summed E-state index contributed by atoms with van der Waals surface area (Å²) >= 11 is 0. The van der Waals surface area contributed by atoms with Crippen LogP contribution in [0.15, 0.2) is 0 Å². The number of esters is 2. The van der Waals surface area contributed by atoms with E-state index in [-0.39, 0.29) is 23.8 Å². The van der Waals surface area contributed by atoms with Crippen LogP contribution in [0, 0.1) is 28.1 Å². The summed E-state index contributed by atoms with van der Waals surface area (Å²) in [5.74, 6) is -2.19. The highest BCUT2D eigenvalue weighted by molar-refractivity contribution is 5.91. The molecule has 4 aliphatic carbocycles. The lowest BCUT2D eigenvalue weighted by Gasteiger charge is -2.67. The highest BCUT2D eigenvalue weighted by Crippen LogP contribution is 2.73. The molecule has 0 aromatic heterocycles. The number of unbranched alkanes of at least 4 members (excludes halogenated alkanes) is 9. The van der Waals surface area contributed by atoms with E-state index in [1.807, 2.05) is 13.8 Å². The normalized spacial score (nSPS) is 27.3. The minimum atomic E-state index is -0.963. The largest absolute Gasteiger partial charge is 0.465 e. The van der Waals surface area contributed by atoms with Crippen LogP contribution >= 0.6 is 0 Å². The molecule has 0 heterocycles. The van der Waals surface area contributed by atoms with Gasteiger partial charge in [0.15, 0.2) is 0 Å². The molecule has 6 N–H and O–H groups in total. The molecule has 4 bridgehead atoms. The van der Waals surface area contributed by atoms with Crippen molar-refractivity contribution >= 4 is 29.7 Å². The van der Waals surface area contributed by atoms with Crippen LogP contribution in [-0.4, -0.2) is 66.4 Å². The maximum Gasteiger partial charge on any atom is 0.323 e. The molecule has 4 rings (SSSR count). The number of carbonyl (C=O) groups excluding carboxylic acids is 5. The fourth-order valence-corrected chi connectivity index (χ4v) is 10.5. The van der Waals surface area contributed by atoms with Crippen molar-refractivity contribution in [1.29, 1.82) is 0 Å². The summed E-state index contributed by atoms with van der Waals surface area (Å²) in [4.78, 5) is 68.5. The molecular weight excluding hydrogens is 660 g/mol. The average molecular weight is 733 g/mol. The number of hydrogen-bond acceptors (Lipinski definition) is 8. The molecule has 0 spiro atoms. The number of rotatable bonds is 28. The average Bonchev–Trinajstić information content (AvgIpc) is 3.10.